The average molecular weight is 301 g/mol. The van der Waals surface area contributed by atoms with Crippen LogP contribution in [0.5, 0.6) is 0 Å². The van der Waals surface area contributed by atoms with E-state index in [9.17, 15) is 18.3 Å². The first-order valence-corrected chi connectivity index (χ1v) is 9.25. The van der Waals surface area contributed by atoms with E-state index in [4.69, 9.17) is 0 Å². The Hall–Kier alpha value is -0.620. The molecule has 20 heavy (non-hydrogen) atoms. The standard InChI is InChI=1S/C14H23NO4S/c16-13(17)12-2-1-9-15(12)20(18,19)10-14-6-3-11(4-7-14)5-8-14/h11-12H,1-10H2,(H,16,17). The van der Waals surface area contributed by atoms with Crippen LogP contribution < -0.4 is 0 Å². The topological polar surface area (TPSA) is 74.7 Å². The number of rotatable bonds is 4. The van der Waals surface area contributed by atoms with E-state index in [0.29, 0.717) is 19.4 Å². The van der Waals surface area contributed by atoms with E-state index in [1.807, 2.05) is 0 Å². The van der Waals surface area contributed by atoms with Gasteiger partial charge in [-0.1, -0.05) is 0 Å². The minimum Gasteiger partial charge on any atom is -0.480 e. The molecule has 114 valence electrons. The summed E-state index contributed by atoms with van der Waals surface area (Å²) in [5.74, 6) is -0.0367. The molecule has 0 aromatic rings. The minimum absolute atomic E-state index is 0.0702. The number of carbonyl (C=O) groups is 1. The first-order chi connectivity index (χ1) is 9.42. The van der Waals surface area contributed by atoms with E-state index in [1.165, 1.54) is 4.31 Å². The van der Waals surface area contributed by atoms with Gasteiger partial charge in [-0.3, -0.25) is 4.79 Å². The molecule has 0 aromatic heterocycles. The Kier molecular flexibility index (Phi) is 3.57. The van der Waals surface area contributed by atoms with Crippen molar-refractivity contribution in [3.8, 4) is 0 Å². The first kappa shape index (κ1) is 14.3. The maximum absolute atomic E-state index is 12.7. The van der Waals surface area contributed by atoms with Gasteiger partial charge in [-0.05, 0) is 62.7 Å². The van der Waals surface area contributed by atoms with E-state index in [-0.39, 0.29) is 11.2 Å². The molecule has 0 spiro atoms. The van der Waals surface area contributed by atoms with Gasteiger partial charge in [0.25, 0.3) is 0 Å². The second kappa shape index (κ2) is 4.98. The van der Waals surface area contributed by atoms with Crippen LogP contribution in [0.15, 0.2) is 0 Å². The molecule has 0 amide bonds. The largest absolute Gasteiger partial charge is 0.480 e. The first-order valence-electron chi connectivity index (χ1n) is 7.64. The van der Waals surface area contributed by atoms with Crippen LogP contribution in [0.2, 0.25) is 0 Å². The van der Waals surface area contributed by atoms with Crippen molar-refractivity contribution in [2.24, 2.45) is 11.3 Å². The maximum atomic E-state index is 12.7. The summed E-state index contributed by atoms with van der Waals surface area (Å²) in [6.07, 6.45) is 7.57. The van der Waals surface area contributed by atoms with Gasteiger partial charge in [-0.15, -0.1) is 0 Å². The molecule has 3 aliphatic carbocycles. The summed E-state index contributed by atoms with van der Waals surface area (Å²) in [6, 6.07) is -0.837. The van der Waals surface area contributed by atoms with E-state index in [2.05, 4.69) is 0 Å². The molecule has 4 fully saturated rings. The number of carboxylic acids is 1. The normalized spacial score (nSPS) is 38.2. The average Bonchev–Trinajstić information content (AvgIpc) is 2.90. The van der Waals surface area contributed by atoms with Crippen LogP contribution in [0.3, 0.4) is 0 Å². The lowest BCUT2D eigenvalue weighted by Crippen LogP contribution is -2.47. The second-order valence-corrected chi connectivity index (χ2v) is 8.77. The van der Waals surface area contributed by atoms with E-state index in [0.717, 1.165) is 44.4 Å². The Bertz CT molecular complexity index is 480. The SMILES string of the molecule is O=C(O)C1CCCN1S(=O)(=O)CC12CCC(CC1)CC2. The fourth-order valence-electron chi connectivity index (χ4n) is 4.35. The number of hydrogen-bond acceptors (Lipinski definition) is 3. The molecule has 4 rings (SSSR count). The van der Waals surface area contributed by atoms with Crippen molar-refractivity contribution in [1.29, 1.82) is 0 Å². The van der Waals surface area contributed by atoms with Gasteiger partial charge < -0.3 is 5.11 Å². The molecule has 0 aromatic carbocycles. The molecule has 0 radical (unpaired) electrons. The van der Waals surface area contributed by atoms with Crippen molar-refractivity contribution in [1.82, 2.24) is 4.31 Å². The second-order valence-electron chi connectivity index (χ2n) is 6.85. The molecule has 1 atom stereocenters. The van der Waals surface area contributed by atoms with Crippen LogP contribution in [0.25, 0.3) is 0 Å². The zero-order valence-electron chi connectivity index (χ0n) is 11.8. The van der Waals surface area contributed by atoms with Gasteiger partial charge in [-0.2, -0.15) is 4.31 Å². The Morgan fingerprint density at radius 3 is 2.30 bits per heavy atom. The quantitative estimate of drug-likeness (QED) is 0.859. The van der Waals surface area contributed by atoms with Crippen molar-refractivity contribution in [3.05, 3.63) is 0 Å². The minimum atomic E-state index is -3.45. The van der Waals surface area contributed by atoms with Crippen LogP contribution in [0, 0.1) is 11.3 Å². The highest BCUT2D eigenvalue weighted by atomic mass is 32.2. The number of carboxylic acid groups (broad SMARTS) is 1. The van der Waals surface area contributed by atoms with Crippen LogP contribution in [0.4, 0.5) is 0 Å². The molecule has 1 aliphatic heterocycles. The van der Waals surface area contributed by atoms with E-state index < -0.39 is 22.0 Å². The number of fused-ring (bicyclic) bond motifs is 3. The number of nitrogens with zero attached hydrogens (tertiary/aromatic N) is 1. The molecule has 1 unspecified atom stereocenters. The summed E-state index contributed by atoms with van der Waals surface area (Å²) < 4.78 is 26.6. The Balaban J connectivity index is 1.77. The zero-order valence-corrected chi connectivity index (χ0v) is 12.6. The van der Waals surface area contributed by atoms with Crippen molar-refractivity contribution in [2.75, 3.05) is 12.3 Å². The van der Waals surface area contributed by atoms with Gasteiger partial charge in [0.15, 0.2) is 0 Å². The van der Waals surface area contributed by atoms with Crippen LogP contribution in [-0.2, 0) is 14.8 Å². The monoisotopic (exact) mass is 301 g/mol. The van der Waals surface area contributed by atoms with Crippen molar-refractivity contribution >= 4 is 16.0 Å². The van der Waals surface area contributed by atoms with Crippen LogP contribution in [0.1, 0.15) is 51.4 Å². The van der Waals surface area contributed by atoms with Crippen molar-refractivity contribution < 1.29 is 18.3 Å². The van der Waals surface area contributed by atoms with Crippen molar-refractivity contribution in [3.63, 3.8) is 0 Å². The third-order valence-electron chi connectivity index (χ3n) is 5.58. The molecule has 1 heterocycles. The highest BCUT2D eigenvalue weighted by molar-refractivity contribution is 7.89. The molecular formula is C14H23NO4S. The molecule has 5 nitrogen and oxygen atoms in total. The zero-order chi connectivity index (χ0) is 14.4. The Morgan fingerprint density at radius 1 is 1.15 bits per heavy atom. The third kappa shape index (κ3) is 2.48. The van der Waals surface area contributed by atoms with E-state index in [1.54, 1.807) is 0 Å². The van der Waals surface area contributed by atoms with Gasteiger partial charge in [0.2, 0.25) is 10.0 Å². The Labute approximate surface area is 120 Å². The predicted octanol–water partition coefficient (Wildman–Crippen LogP) is 1.84. The van der Waals surface area contributed by atoms with Crippen LogP contribution >= 0.6 is 0 Å². The highest BCUT2D eigenvalue weighted by Gasteiger charge is 2.47. The van der Waals surface area contributed by atoms with Gasteiger partial charge in [0.05, 0.1) is 5.75 Å². The summed E-state index contributed by atoms with van der Waals surface area (Å²) in [6.45, 7) is 0.373. The summed E-state index contributed by atoms with van der Waals surface area (Å²) in [5.41, 5.74) is -0.0702. The molecule has 2 bridgehead atoms. The molecule has 6 heteroatoms. The fourth-order valence-corrected chi connectivity index (χ4v) is 6.71. The summed E-state index contributed by atoms with van der Waals surface area (Å²) in [7, 11) is -3.45. The number of hydrogen-bond donors (Lipinski definition) is 1. The highest BCUT2D eigenvalue weighted by Crippen LogP contribution is 2.51. The van der Waals surface area contributed by atoms with E-state index >= 15 is 0 Å². The molecule has 4 aliphatic rings. The molecular weight excluding hydrogens is 278 g/mol. The molecule has 3 saturated carbocycles. The Morgan fingerprint density at radius 2 is 1.75 bits per heavy atom. The summed E-state index contributed by atoms with van der Waals surface area (Å²) >= 11 is 0. The lowest BCUT2D eigenvalue weighted by atomic mass is 9.62. The smallest absolute Gasteiger partial charge is 0.322 e. The van der Waals surface area contributed by atoms with Crippen LogP contribution in [-0.4, -0.2) is 42.1 Å². The molecule has 1 saturated heterocycles. The lowest BCUT2D eigenvalue weighted by molar-refractivity contribution is -0.140. The van der Waals surface area contributed by atoms with Crippen molar-refractivity contribution in [2.45, 2.75) is 57.4 Å². The number of aliphatic carboxylic acids is 1. The lowest BCUT2D eigenvalue weighted by Gasteiger charge is -2.46. The van der Waals surface area contributed by atoms with Gasteiger partial charge >= 0.3 is 5.97 Å². The summed E-state index contributed by atoms with van der Waals surface area (Å²) in [5, 5.41) is 9.18. The number of sulfonamides is 1. The molecule has 1 N–H and O–H groups in total. The van der Waals surface area contributed by atoms with Gasteiger partial charge in [-0.25, -0.2) is 8.42 Å². The van der Waals surface area contributed by atoms with Gasteiger partial charge in [0.1, 0.15) is 6.04 Å². The third-order valence-corrected chi connectivity index (χ3v) is 7.71. The predicted molar refractivity (Wildman–Crippen MR) is 74.8 cm³/mol. The summed E-state index contributed by atoms with van der Waals surface area (Å²) in [4.78, 5) is 11.2. The van der Waals surface area contributed by atoms with Gasteiger partial charge in [0, 0.05) is 6.54 Å². The fraction of sp³-hybridized carbons (Fsp3) is 0.929. The maximum Gasteiger partial charge on any atom is 0.322 e.